The highest BCUT2D eigenvalue weighted by atomic mass is 16.4. The number of amides is 3. The van der Waals surface area contributed by atoms with Gasteiger partial charge in [0, 0.05) is 0 Å². The zero-order chi connectivity index (χ0) is 25.0. The predicted molar refractivity (Wildman–Crippen MR) is 123 cm³/mol. The Morgan fingerprint density at radius 3 is 1.69 bits per heavy atom. The van der Waals surface area contributed by atoms with Crippen molar-refractivity contribution in [1.29, 1.82) is 0 Å². The fourth-order valence-corrected chi connectivity index (χ4v) is 3.14. The molecule has 0 aliphatic rings. The van der Waals surface area contributed by atoms with Gasteiger partial charge in [0.2, 0.25) is 17.7 Å². The van der Waals surface area contributed by atoms with Crippen molar-refractivity contribution >= 4 is 23.7 Å². The Balaban J connectivity index is 5.38. The van der Waals surface area contributed by atoms with E-state index in [1.54, 1.807) is 34.6 Å². The van der Waals surface area contributed by atoms with Gasteiger partial charge in [0.15, 0.2) is 0 Å². The number of rotatable bonds is 15. The summed E-state index contributed by atoms with van der Waals surface area (Å²) in [6, 6.07) is -3.66. The second kappa shape index (κ2) is 14.8. The highest BCUT2D eigenvalue weighted by Gasteiger charge is 2.34. The summed E-state index contributed by atoms with van der Waals surface area (Å²) in [6.07, 6.45) is 2.51. The van der Waals surface area contributed by atoms with Crippen LogP contribution in [0.1, 0.15) is 67.2 Å². The molecule has 0 aliphatic carbocycles. The minimum absolute atomic E-state index is 0.248. The Labute approximate surface area is 191 Å². The van der Waals surface area contributed by atoms with E-state index in [0.29, 0.717) is 25.8 Å². The first-order chi connectivity index (χ1) is 14.9. The van der Waals surface area contributed by atoms with E-state index in [2.05, 4.69) is 16.0 Å². The molecule has 32 heavy (non-hydrogen) atoms. The van der Waals surface area contributed by atoms with Crippen LogP contribution in [0.15, 0.2) is 0 Å². The smallest absolute Gasteiger partial charge is 0.326 e. The van der Waals surface area contributed by atoms with Crippen molar-refractivity contribution in [3.05, 3.63) is 0 Å². The highest BCUT2D eigenvalue weighted by molar-refractivity contribution is 5.94. The molecule has 0 saturated heterocycles. The highest BCUT2D eigenvalue weighted by Crippen LogP contribution is 2.12. The van der Waals surface area contributed by atoms with Crippen LogP contribution in [0, 0.1) is 17.8 Å². The maximum Gasteiger partial charge on any atom is 0.326 e. The van der Waals surface area contributed by atoms with Gasteiger partial charge < -0.3 is 32.5 Å². The number of carboxylic acid groups (broad SMARTS) is 1. The second-order valence-corrected chi connectivity index (χ2v) is 9.06. The molecule has 5 atom stereocenters. The van der Waals surface area contributed by atoms with Gasteiger partial charge >= 0.3 is 5.97 Å². The third-order valence-corrected chi connectivity index (χ3v) is 5.58. The van der Waals surface area contributed by atoms with Crippen LogP contribution in [0.4, 0.5) is 0 Å². The molecule has 0 fully saturated rings. The Kier molecular flexibility index (Phi) is 13.8. The number of carbonyl (C=O) groups is 4. The number of aliphatic carboxylic acids is 1. The number of carboxylic acids is 1. The number of carbonyl (C=O) groups excluding carboxylic acids is 3. The van der Waals surface area contributed by atoms with Gasteiger partial charge in [-0.15, -0.1) is 0 Å². The van der Waals surface area contributed by atoms with Gasteiger partial charge in [-0.2, -0.15) is 0 Å². The van der Waals surface area contributed by atoms with Gasteiger partial charge in [0.25, 0.3) is 0 Å². The minimum Gasteiger partial charge on any atom is -0.480 e. The first-order valence-corrected chi connectivity index (χ1v) is 11.5. The average Bonchev–Trinajstić information content (AvgIpc) is 2.72. The third kappa shape index (κ3) is 9.95. The van der Waals surface area contributed by atoms with Crippen molar-refractivity contribution in [3.8, 4) is 0 Å². The molecule has 0 aromatic rings. The SMILES string of the molecule is CCC(C)C(NC(=O)C(NC(=O)C(N)CCCCN)C(C)C)C(=O)NC(C(=O)O)C(C)C. The van der Waals surface area contributed by atoms with Crippen LogP contribution in [-0.4, -0.2) is 59.5 Å². The molecule has 0 saturated carbocycles. The van der Waals surface area contributed by atoms with Gasteiger partial charge in [-0.05, 0) is 37.1 Å². The quantitative estimate of drug-likeness (QED) is 0.192. The topological polar surface area (TPSA) is 177 Å². The van der Waals surface area contributed by atoms with Gasteiger partial charge in [0.1, 0.15) is 18.1 Å². The van der Waals surface area contributed by atoms with E-state index >= 15 is 0 Å². The fraction of sp³-hybridized carbons (Fsp3) is 0.818. The Morgan fingerprint density at radius 2 is 1.25 bits per heavy atom. The van der Waals surface area contributed by atoms with Crippen molar-refractivity contribution in [2.75, 3.05) is 6.54 Å². The monoisotopic (exact) mass is 457 g/mol. The lowest BCUT2D eigenvalue weighted by molar-refractivity contribution is -0.144. The Morgan fingerprint density at radius 1 is 0.781 bits per heavy atom. The molecular weight excluding hydrogens is 414 g/mol. The Bertz CT molecular complexity index is 626. The normalized spacial score (nSPS) is 16.1. The molecule has 10 heteroatoms. The molecule has 8 N–H and O–H groups in total. The maximum atomic E-state index is 13.0. The number of hydrogen-bond acceptors (Lipinski definition) is 6. The van der Waals surface area contributed by atoms with E-state index in [9.17, 15) is 24.3 Å². The largest absolute Gasteiger partial charge is 0.480 e. The van der Waals surface area contributed by atoms with Crippen molar-refractivity contribution in [2.45, 2.75) is 91.4 Å². The average molecular weight is 458 g/mol. The second-order valence-electron chi connectivity index (χ2n) is 9.06. The summed E-state index contributed by atoms with van der Waals surface area (Å²) < 4.78 is 0. The number of unbranched alkanes of at least 4 members (excludes halogenated alkanes) is 1. The van der Waals surface area contributed by atoms with Crippen LogP contribution in [-0.2, 0) is 19.2 Å². The first kappa shape index (κ1) is 29.8. The van der Waals surface area contributed by atoms with Gasteiger partial charge in [-0.1, -0.05) is 54.4 Å². The molecule has 0 rings (SSSR count). The molecule has 5 unspecified atom stereocenters. The molecule has 0 aromatic heterocycles. The van der Waals surface area contributed by atoms with Crippen molar-refractivity contribution in [3.63, 3.8) is 0 Å². The van der Waals surface area contributed by atoms with Crippen LogP contribution in [0.25, 0.3) is 0 Å². The van der Waals surface area contributed by atoms with Gasteiger partial charge in [-0.25, -0.2) is 4.79 Å². The lowest BCUT2D eigenvalue weighted by Crippen LogP contribution is -2.60. The molecule has 10 nitrogen and oxygen atoms in total. The summed E-state index contributed by atoms with van der Waals surface area (Å²) >= 11 is 0. The summed E-state index contributed by atoms with van der Waals surface area (Å²) in [5.41, 5.74) is 11.4. The molecule has 0 aromatic carbocycles. The minimum atomic E-state index is -1.14. The first-order valence-electron chi connectivity index (χ1n) is 11.5. The van der Waals surface area contributed by atoms with Crippen LogP contribution in [0.2, 0.25) is 0 Å². The molecule has 0 heterocycles. The summed E-state index contributed by atoms with van der Waals surface area (Å²) in [5.74, 6) is -3.49. The molecule has 0 aliphatic heterocycles. The molecule has 0 radical (unpaired) electrons. The van der Waals surface area contributed by atoms with Gasteiger partial charge in [-0.3, -0.25) is 14.4 Å². The standard InChI is InChI=1S/C22H43N5O5/c1-7-14(6)18(21(30)26-17(13(4)5)22(31)32)27-20(29)16(12(2)3)25-19(28)15(24)10-8-9-11-23/h12-18H,7-11,23-24H2,1-6H3,(H,25,28)(H,26,30)(H,27,29)(H,31,32). The number of nitrogens with one attached hydrogen (secondary N) is 3. The summed E-state index contributed by atoms with van der Waals surface area (Å²) in [6.45, 7) is 11.1. The molecule has 3 amide bonds. The maximum absolute atomic E-state index is 13.0. The molecule has 0 bridgehead atoms. The summed E-state index contributed by atoms with van der Waals surface area (Å²) in [7, 11) is 0. The number of nitrogens with two attached hydrogens (primary N) is 2. The van der Waals surface area contributed by atoms with Crippen LogP contribution in [0.5, 0.6) is 0 Å². The number of hydrogen-bond donors (Lipinski definition) is 6. The zero-order valence-electron chi connectivity index (χ0n) is 20.3. The van der Waals surface area contributed by atoms with Crippen molar-refractivity contribution in [2.24, 2.45) is 29.2 Å². The van der Waals surface area contributed by atoms with E-state index in [1.165, 1.54) is 0 Å². The van der Waals surface area contributed by atoms with Crippen LogP contribution >= 0.6 is 0 Å². The van der Waals surface area contributed by atoms with Crippen molar-refractivity contribution in [1.82, 2.24) is 16.0 Å². The van der Waals surface area contributed by atoms with Crippen LogP contribution < -0.4 is 27.4 Å². The fourth-order valence-electron chi connectivity index (χ4n) is 3.14. The molecular formula is C22H43N5O5. The summed E-state index contributed by atoms with van der Waals surface area (Å²) in [4.78, 5) is 49.8. The summed E-state index contributed by atoms with van der Waals surface area (Å²) in [5, 5.41) is 17.3. The van der Waals surface area contributed by atoms with E-state index in [0.717, 1.165) is 6.42 Å². The lowest BCUT2D eigenvalue weighted by Gasteiger charge is -2.30. The van der Waals surface area contributed by atoms with Crippen LogP contribution in [0.3, 0.4) is 0 Å². The zero-order valence-corrected chi connectivity index (χ0v) is 20.3. The van der Waals surface area contributed by atoms with E-state index in [-0.39, 0.29) is 17.8 Å². The Hall–Kier alpha value is -2.20. The molecule has 0 spiro atoms. The van der Waals surface area contributed by atoms with E-state index < -0.39 is 47.9 Å². The van der Waals surface area contributed by atoms with E-state index in [1.807, 2.05) is 6.92 Å². The van der Waals surface area contributed by atoms with Gasteiger partial charge in [0.05, 0.1) is 6.04 Å². The predicted octanol–water partition coefficient (Wildman–Crippen LogP) is 0.340. The molecule has 186 valence electrons. The third-order valence-electron chi connectivity index (χ3n) is 5.58. The van der Waals surface area contributed by atoms with E-state index in [4.69, 9.17) is 11.5 Å². The van der Waals surface area contributed by atoms with Crippen molar-refractivity contribution < 1.29 is 24.3 Å². The lowest BCUT2D eigenvalue weighted by atomic mass is 9.95.